The van der Waals surface area contributed by atoms with Gasteiger partial charge < -0.3 is 5.11 Å². The first-order valence-corrected chi connectivity index (χ1v) is 7.57. The Labute approximate surface area is 143 Å². The van der Waals surface area contributed by atoms with Crippen LogP contribution in [0.2, 0.25) is 5.02 Å². The molecule has 2 unspecified atom stereocenters. The minimum absolute atomic E-state index is 0.0429. The molecule has 24 heavy (non-hydrogen) atoms. The van der Waals surface area contributed by atoms with Crippen molar-refractivity contribution in [1.29, 1.82) is 5.26 Å². The summed E-state index contributed by atoms with van der Waals surface area (Å²) >= 11 is 5.90. The van der Waals surface area contributed by atoms with Gasteiger partial charge in [-0.1, -0.05) is 35.9 Å². The molecule has 1 heterocycles. The number of aliphatic hydroxyl groups excluding tert-OH is 1. The van der Waals surface area contributed by atoms with Crippen LogP contribution in [0.25, 0.3) is 11.0 Å². The number of nitrogens with zero attached hydrogens (tertiary/aromatic N) is 3. The molecule has 0 aliphatic heterocycles. The van der Waals surface area contributed by atoms with Crippen LogP contribution in [0.3, 0.4) is 0 Å². The van der Waals surface area contributed by atoms with Crippen molar-refractivity contribution in [3.8, 4) is 6.07 Å². The summed E-state index contributed by atoms with van der Waals surface area (Å²) in [6, 6.07) is 15.4. The lowest BCUT2D eigenvalue weighted by atomic mass is 9.92. The maximum Gasteiger partial charge on any atom is 0.202 e. The zero-order valence-corrected chi connectivity index (χ0v) is 13.2. The third kappa shape index (κ3) is 3.11. The van der Waals surface area contributed by atoms with Crippen LogP contribution in [0.1, 0.15) is 22.2 Å². The van der Waals surface area contributed by atoms with E-state index in [0.29, 0.717) is 21.6 Å². The van der Waals surface area contributed by atoms with Crippen LogP contribution in [0.15, 0.2) is 54.7 Å². The fourth-order valence-electron chi connectivity index (χ4n) is 2.39. The normalized spacial score (nSPS) is 13.2. The number of ketones is 1. The Hall–Kier alpha value is -2.81. The molecule has 6 heteroatoms. The average molecular weight is 338 g/mol. The monoisotopic (exact) mass is 337 g/mol. The lowest BCUT2D eigenvalue weighted by molar-refractivity contribution is 0.0771. The van der Waals surface area contributed by atoms with Crippen LogP contribution in [0.4, 0.5) is 0 Å². The highest BCUT2D eigenvalue weighted by Crippen LogP contribution is 2.26. The van der Waals surface area contributed by atoms with E-state index < -0.39 is 17.8 Å². The standard InChI is InChI=1S/C18H12ClN3O2/c19-12-5-3-4-11(8-12)17(23)13(9-20)18(24)16-10-21-14-6-1-2-7-15(14)22-16/h1-8,10,13,17,23H. The molecule has 0 fully saturated rings. The molecule has 1 N–H and O–H groups in total. The number of para-hydroxylation sites is 2. The number of rotatable bonds is 4. The fraction of sp³-hybridized carbons (Fsp3) is 0.111. The number of aromatic nitrogens is 2. The lowest BCUT2D eigenvalue weighted by Crippen LogP contribution is -2.22. The quantitative estimate of drug-likeness (QED) is 0.738. The first kappa shape index (κ1) is 16.1. The van der Waals surface area contributed by atoms with Gasteiger partial charge in [0.2, 0.25) is 5.78 Å². The molecule has 0 bridgehead atoms. The minimum Gasteiger partial charge on any atom is -0.387 e. The Morgan fingerprint density at radius 2 is 1.92 bits per heavy atom. The molecule has 2 aromatic carbocycles. The van der Waals surface area contributed by atoms with Crippen molar-refractivity contribution in [2.75, 3.05) is 0 Å². The van der Waals surface area contributed by atoms with Crippen LogP contribution in [0, 0.1) is 17.2 Å². The van der Waals surface area contributed by atoms with Crippen molar-refractivity contribution in [3.05, 3.63) is 71.0 Å². The van der Waals surface area contributed by atoms with E-state index in [1.807, 2.05) is 12.1 Å². The predicted molar refractivity (Wildman–Crippen MR) is 89.4 cm³/mol. The molecule has 0 radical (unpaired) electrons. The lowest BCUT2D eigenvalue weighted by Gasteiger charge is -2.16. The van der Waals surface area contributed by atoms with Gasteiger partial charge in [0.25, 0.3) is 0 Å². The van der Waals surface area contributed by atoms with E-state index in [-0.39, 0.29) is 5.69 Å². The van der Waals surface area contributed by atoms with Gasteiger partial charge in [0.15, 0.2) is 0 Å². The van der Waals surface area contributed by atoms with Gasteiger partial charge >= 0.3 is 0 Å². The number of halogens is 1. The molecule has 3 rings (SSSR count). The summed E-state index contributed by atoms with van der Waals surface area (Å²) in [6.07, 6.45) is 0.0224. The number of nitriles is 1. The molecule has 5 nitrogen and oxygen atoms in total. The Balaban J connectivity index is 1.94. The van der Waals surface area contributed by atoms with E-state index >= 15 is 0 Å². The molecular weight excluding hydrogens is 326 g/mol. The van der Waals surface area contributed by atoms with Gasteiger partial charge in [-0.3, -0.25) is 9.78 Å². The van der Waals surface area contributed by atoms with Crippen LogP contribution < -0.4 is 0 Å². The summed E-state index contributed by atoms with van der Waals surface area (Å²) in [4.78, 5) is 21.0. The van der Waals surface area contributed by atoms with Crippen molar-refractivity contribution in [1.82, 2.24) is 9.97 Å². The molecule has 0 spiro atoms. The molecule has 0 saturated heterocycles. The zero-order chi connectivity index (χ0) is 17.1. The van der Waals surface area contributed by atoms with Crippen molar-refractivity contribution >= 4 is 28.4 Å². The first-order chi connectivity index (χ1) is 11.6. The van der Waals surface area contributed by atoms with Gasteiger partial charge in [0, 0.05) is 5.02 Å². The molecule has 0 aliphatic rings. The Morgan fingerprint density at radius 1 is 1.17 bits per heavy atom. The van der Waals surface area contributed by atoms with E-state index in [1.165, 1.54) is 12.3 Å². The number of carbonyl (C=O) groups excluding carboxylic acids is 1. The van der Waals surface area contributed by atoms with Crippen molar-refractivity contribution < 1.29 is 9.90 Å². The number of hydrogen-bond donors (Lipinski definition) is 1. The molecular formula is C18H12ClN3O2. The maximum atomic E-state index is 12.6. The summed E-state index contributed by atoms with van der Waals surface area (Å²) in [5.74, 6) is -1.87. The van der Waals surface area contributed by atoms with Crippen LogP contribution >= 0.6 is 11.6 Å². The smallest absolute Gasteiger partial charge is 0.202 e. The Morgan fingerprint density at radius 3 is 2.62 bits per heavy atom. The molecule has 118 valence electrons. The van der Waals surface area contributed by atoms with Gasteiger partial charge in [-0.05, 0) is 29.8 Å². The second-order valence-corrected chi connectivity index (χ2v) is 5.65. The van der Waals surface area contributed by atoms with Gasteiger partial charge in [0.05, 0.1) is 23.3 Å². The molecule has 3 aromatic rings. The first-order valence-electron chi connectivity index (χ1n) is 7.19. The molecule has 2 atom stereocenters. The fourth-order valence-corrected chi connectivity index (χ4v) is 2.59. The van der Waals surface area contributed by atoms with E-state index in [2.05, 4.69) is 9.97 Å². The second kappa shape index (κ2) is 6.75. The Kier molecular flexibility index (Phi) is 4.52. The van der Waals surface area contributed by atoms with Crippen molar-refractivity contribution in [3.63, 3.8) is 0 Å². The van der Waals surface area contributed by atoms with Crippen LogP contribution in [0.5, 0.6) is 0 Å². The predicted octanol–water partition coefficient (Wildman–Crippen LogP) is 3.34. The number of benzene rings is 2. The summed E-state index contributed by atoms with van der Waals surface area (Å²) in [5.41, 5.74) is 1.65. The third-order valence-electron chi connectivity index (χ3n) is 3.63. The van der Waals surface area contributed by atoms with E-state index in [1.54, 1.807) is 36.4 Å². The molecule has 0 aliphatic carbocycles. The van der Waals surface area contributed by atoms with E-state index in [4.69, 9.17) is 11.6 Å². The number of Topliss-reactive ketones (excluding diaryl/α,β-unsaturated/α-hetero) is 1. The van der Waals surface area contributed by atoms with Crippen LogP contribution in [-0.2, 0) is 0 Å². The molecule has 1 aromatic heterocycles. The largest absolute Gasteiger partial charge is 0.387 e. The highest BCUT2D eigenvalue weighted by atomic mass is 35.5. The third-order valence-corrected chi connectivity index (χ3v) is 3.86. The summed E-state index contributed by atoms with van der Waals surface area (Å²) in [7, 11) is 0. The average Bonchev–Trinajstić information content (AvgIpc) is 2.61. The minimum atomic E-state index is -1.30. The van der Waals surface area contributed by atoms with Gasteiger partial charge in [-0.2, -0.15) is 5.26 Å². The molecule has 0 saturated carbocycles. The zero-order valence-electron chi connectivity index (χ0n) is 12.4. The van der Waals surface area contributed by atoms with Gasteiger partial charge in [-0.15, -0.1) is 0 Å². The number of carbonyl (C=O) groups is 1. The second-order valence-electron chi connectivity index (χ2n) is 5.21. The van der Waals surface area contributed by atoms with Crippen LogP contribution in [-0.4, -0.2) is 20.9 Å². The molecule has 0 amide bonds. The van der Waals surface area contributed by atoms with E-state index in [0.717, 1.165) is 0 Å². The van der Waals surface area contributed by atoms with Gasteiger partial charge in [-0.25, -0.2) is 4.98 Å². The van der Waals surface area contributed by atoms with Gasteiger partial charge in [0.1, 0.15) is 17.7 Å². The summed E-state index contributed by atoms with van der Waals surface area (Å²) in [5, 5.41) is 20.2. The van der Waals surface area contributed by atoms with Crippen molar-refractivity contribution in [2.45, 2.75) is 6.10 Å². The number of hydrogen-bond acceptors (Lipinski definition) is 5. The highest BCUT2D eigenvalue weighted by molar-refractivity contribution is 6.30. The topological polar surface area (TPSA) is 86.9 Å². The maximum absolute atomic E-state index is 12.6. The Bertz CT molecular complexity index is 952. The SMILES string of the molecule is N#CC(C(=O)c1cnc2ccccc2n1)C(O)c1cccc(Cl)c1. The number of aliphatic hydroxyl groups is 1. The highest BCUT2D eigenvalue weighted by Gasteiger charge is 2.30. The summed E-state index contributed by atoms with van der Waals surface area (Å²) in [6.45, 7) is 0. The number of fused-ring (bicyclic) bond motifs is 1. The summed E-state index contributed by atoms with van der Waals surface area (Å²) < 4.78 is 0. The van der Waals surface area contributed by atoms with Crippen molar-refractivity contribution in [2.24, 2.45) is 5.92 Å². The van der Waals surface area contributed by atoms with E-state index in [9.17, 15) is 15.2 Å².